The molecular weight excluding hydrogens is 272 g/mol. The maximum Gasteiger partial charge on any atom is 0.197 e. The van der Waals surface area contributed by atoms with E-state index in [0.717, 1.165) is 0 Å². The zero-order chi connectivity index (χ0) is 14.2. The molecule has 0 unspecified atom stereocenters. The Kier molecular flexibility index (Phi) is 2.25. The maximum atomic E-state index is 14.1. The number of rotatable bonds is 0. The van der Waals surface area contributed by atoms with Gasteiger partial charge in [0, 0.05) is 17.0 Å². The fraction of sp³-hybridized carbons (Fsp3) is 0.467. The number of fused-ring (bicyclic) bond motifs is 8. The van der Waals surface area contributed by atoms with Gasteiger partial charge in [-0.25, -0.2) is 17.6 Å². The maximum absolute atomic E-state index is 14.1. The van der Waals surface area contributed by atoms with E-state index in [1.165, 1.54) is 0 Å². The molecule has 106 valence electrons. The van der Waals surface area contributed by atoms with E-state index in [1.807, 2.05) is 12.2 Å². The molecule has 0 radical (unpaired) electrons. The van der Waals surface area contributed by atoms with Gasteiger partial charge >= 0.3 is 0 Å². The highest BCUT2D eigenvalue weighted by molar-refractivity contribution is 5.46. The van der Waals surface area contributed by atoms with E-state index in [0.29, 0.717) is 12.8 Å². The van der Waals surface area contributed by atoms with Crippen molar-refractivity contribution >= 4 is 0 Å². The lowest BCUT2D eigenvalue weighted by molar-refractivity contribution is -0.0288. The Labute approximate surface area is 113 Å². The Morgan fingerprint density at radius 3 is 2.40 bits per heavy atom. The molecule has 1 nitrogen and oxygen atoms in total. The predicted molar refractivity (Wildman–Crippen MR) is 62.8 cm³/mol. The minimum Gasteiger partial charge on any atom is -0.362 e. The van der Waals surface area contributed by atoms with Crippen LogP contribution in [-0.4, -0.2) is 0 Å². The van der Waals surface area contributed by atoms with Crippen LogP contribution in [0.5, 0.6) is 0 Å². The zero-order valence-electron chi connectivity index (χ0n) is 10.7. The van der Waals surface area contributed by atoms with Gasteiger partial charge in [0.15, 0.2) is 23.3 Å². The third kappa shape index (κ3) is 1.18. The van der Waals surface area contributed by atoms with Crippen molar-refractivity contribution < 1.29 is 22.3 Å². The van der Waals surface area contributed by atoms with E-state index >= 15 is 0 Å². The molecule has 1 aromatic rings. The molecule has 0 saturated carbocycles. The third-order valence-corrected chi connectivity index (χ3v) is 5.03. The average Bonchev–Trinajstić information content (AvgIpc) is 2.92. The Morgan fingerprint density at radius 1 is 1.00 bits per heavy atom. The minimum atomic E-state index is -1.75. The van der Waals surface area contributed by atoms with E-state index < -0.39 is 35.0 Å². The van der Waals surface area contributed by atoms with Crippen molar-refractivity contribution in [1.82, 2.24) is 0 Å². The Bertz CT molecular complexity index is 654. The first kappa shape index (κ1) is 12.4. The van der Waals surface area contributed by atoms with Gasteiger partial charge in [0.05, 0.1) is 11.7 Å². The number of ether oxygens (including phenoxy) is 1. The summed E-state index contributed by atoms with van der Waals surface area (Å²) in [5.41, 5.74) is -1.33. The average molecular weight is 284 g/mol. The van der Waals surface area contributed by atoms with Crippen LogP contribution in [0.1, 0.15) is 37.0 Å². The lowest BCUT2D eigenvalue weighted by Gasteiger charge is -2.36. The normalized spacial score (nSPS) is 37.1. The fourth-order valence-corrected chi connectivity index (χ4v) is 4.16. The Balaban J connectivity index is 2.02. The van der Waals surface area contributed by atoms with Gasteiger partial charge in [-0.05, 0) is 25.7 Å². The van der Waals surface area contributed by atoms with Gasteiger partial charge in [0.1, 0.15) is 0 Å². The van der Waals surface area contributed by atoms with Gasteiger partial charge in [-0.1, -0.05) is 12.2 Å². The molecule has 1 aliphatic carbocycles. The molecule has 20 heavy (non-hydrogen) atoms. The van der Waals surface area contributed by atoms with Gasteiger partial charge in [-0.3, -0.25) is 0 Å². The van der Waals surface area contributed by atoms with Crippen molar-refractivity contribution in [3.63, 3.8) is 0 Å². The SMILES string of the molecule is C[C@@]12O[C@@H](c3c(F)c(F)c(F)c(F)c31)[C@@H]1CC=CC[C@@H]12. The Morgan fingerprint density at radius 2 is 1.65 bits per heavy atom. The van der Waals surface area contributed by atoms with Crippen LogP contribution in [0.4, 0.5) is 17.6 Å². The van der Waals surface area contributed by atoms with Crippen molar-refractivity contribution in [2.24, 2.45) is 11.8 Å². The van der Waals surface area contributed by atoms with Crippen LogP contribution in [0.25, 0.3) is 0 Å². The fourth-order valence-electron chi connectivity index (χ4n) is 4.16. The van der Waals surface area contributed by atoms with Crippen molar-refractivity contribution in [3.8, 4) is 0 Å². The van der Waals surface area contributed by atoms with Crippen LogP contribution in [0.2, 0.25) is 0 Å². The van der Waals surface area contributed by atoms with Crippen molar-refractivity contribution in [2.45, 2.75) is 31.5 Å². The minimum absolute atomic E-state index is 0.00346. The third-order valence-electron chi connectivity index (χ3n) is 5.03. The van der Waals surface area contributed by atoms with Gasteiger partial charge in [0.2, 0.25) is 0 Å². The summed E-state index contributed by atoms with van der Waals surface area (Å²) in [6.45, 7) is 1.65. The number of halogens is 4. The molecule has 5 heteroatoms. The molecule has 0 spiro atoms. The highest BCUT2D eigenvalue weighted by atomic mass is 19.2. The van der Waals surface area contributed by atoms with E-state index in [9.17, 15) is 17.6 Å². The predicted octanol–water partition coefficient (Wildman–Crippen LogP) is 4.13. The molecule has 1 aromatic carbocycles. The van der Waals surface area contributed by atoms with E-state index in [1.54, 1.807) is 6.92 Å². The van der Waals surface area contributed by atoms with Crippen LogP contribution in [0.15, 0.2) is 12.2 Å². The topological polar surface area (TPSA) is 9.23 Å². The van der Waals surface area contributed by atoms with Gasteiger partial charge < -0.3 is 4.74 Å². The largest absolute Gasteiger partial charge is 0.362 e. The molecule has 0 aromatic heterocycles. The first-order valence-corrected chi connectivity index (χ1v) is 6.66. The molecule has 1 saturated heterocycles. The Hall–Kier alpha value is -1.36. The second-order valence-electron chi connectivity index (χ2n) is 5.90. The molecule has 0 N–H and O–H groups in total. The second-order valence-corrected chi connectivity index (χ2v) is 5.90. The lowest BCUT2D eigenvalue weighted by Crippen LogP contribution is -2.36. The van der Waals surface area contributed by atoms with Crippen LogP contribution >= 0.6 is 0 Å². The van der Waals surface area contributed by atoms with E-state index in [-0.39, 0.29) is 23.0 Å². The molecule has 3 aliphatic rings. The summed E-state index contributed by atoms with van der Waals surface area (Å²) in [5, 5.41) is 0. The first-order valence-electron chi connectivity index (χ1n) is 6.66. The monoisotopic (exact) mass is 284 g/mol. The van der Waals surface area contributed by atoms with Crippen LogP contribution in [0.3, 0.4) is 0 Å². The van der Waals surface area contributed by atoms with Gasteiger partial charge in [0.25, 0.3) is 0 Å². The summed E-state index contributed by atoms with van der Waals surface area (Å²) >= 11 is 0. The summed E-state index contributed by atoms with van der Waals surface area (Å²) in [5.74, 6) is -6.14. The number of benzene rings is 1. The molecule has 1 fully saturated rings. The molecule has 2 aliphatic heterocycles. The molecule has 2 bridgehead atoms. The number of hydrogen-bond donors (Lipinski definition) is 0. The number of allylic oxidation sites excluding steroid dienone is 2. The highest BCUT2D eigenvalue weighted by Gasteiger charge is 2.62. The smallest absolute Gasteiger partial charge is 0.197 e. The molecule has 4 rings (SSSR count). The summed E-state index contributed by atoms with van der Waals surface area (Å²) in [4.78, 5) is 0. The van der Waals surface area contributed by atoms with Gasteiger partial charge in [-0.15, -0.1) is 0 Å². The standard InChI is InChI=1S/C15H12F4O/c1-15-7-5-3-2-4-6(7)14(20-15)8-9(15)11(17)13(19)12(18)10(8)16/h2-3,6-7,14H,4-5H2,1H3/t6-,7+,14-,15+/m1/s1. The molecule has 4 atom stereocenters. The van der Waals surface area contributed by atoms with Crippen molar-refractivity contribution in [2.75, 3.05) is 0 Å². The lowest BCUT2D eigenvalue weighted by atomic mass is 9.65. The van der Waals surface area contributed by atoms with Crippen molar-refractivity contribution in [3.05, 3.63) is 46.5 Å². The number of hydrogen-bond acceptors (Lipinski definition) is 1. The van der Waals surface area contributed by atoms with Crippen LogP contribution < -0.4 is 0 Å². The first-order chi connectivity index (χ1) is 9.47. The highest BCUT2D eigenvalue weighted by Crippen LogP contribution is 2.64. The summed E-state index contributed by atoms with van der Waals surface area (Å²) in [6.07, 6.45) is 4.63. The van der Waals surface area contributed by atoms with Crippen molar-refractivity contribution in [1.29, 1.82) is 0 Å². The van der Waals surface area contributed by atoms with Crippen LogP contribution in [-0.2, 0) is 10.3 Å². The summed E-state index contributed by atoms with van der Waals surface area (Å²) in [7, 11) is 0. The summed E-state index contributed by atoms with van der Waals surface area (Å²) in [6, 6.07) is 0. The quantitative estimate of drug-likeness (QED) is 0.301. The van der Waals surface area contributed by atoms with Crippen LogP contribution in [0, 0.1) is 35.1 Å². The molecular formula is C15H12F4O. The van der Waals surface area contributed by atoms with E-state index in [2.05, 4.69) is 0 Å². The summed E-state index contributed by atoms with van der Waals surface area (Å²) < 4.78 is 60.9. The van der Waals surface area contributed by atoms with E-state index in [4.69, 9.17) is 4.74 Å². The zero-order valence-corrected chi connectivity index (χ0v) is 10.7. The second kappa shape index (κ2) is 3.64. The molecule has 2 heterocycles. The molecule has 0 amide bonds. The van der Waals surface area contributed by atoms with Gasteiger partial charge in [-0.2, -0.15) is 0 Å².